The molecule has 2 aromatic carbocycles. The van der Waals surface area contributed by atoms with Crippen LogP contribution in [0, 0.1) is 13.8 Å². The molecule has 0 unspecified atom stereocenters. The molecule has 168 valence electrons. The van der Waals surface area contributed by atoms with Gasteiger partial charge in [0.15, 0.2) is 0 Å². The van der Waals surface area contributed by atoms with E-state index in [0.29, 0.717) is 18.8 Å². The Labute approximate surface area is 191 Å². The normalized spacial score (nSPS) is 10.9. The number of hydrogen-bond donors (Lipinski definition) is 0. The summed E-state index contributed by atoms with van der Waals surface area (Å²) in [7, 11) is 0. The number of carbonyl (C=O) groups excluding carboxylic acids is 1. The first kappa shape index (κ1) is 24.8. The molecule has 1 heterocycles. The summed E-state index contributed by atoms with van der Waals surface area (Å²) in [5, 5.41) is 0.856. The van der Waals surface area contributed by atoms with E-state index >= 15 is 0 Å². The first-order chi connectivity index (χ1) is 14.5. The minimum absolute atomic E-state index is 0. The molecule has 0 aliphatic heterocycles. The molecule has 5 nitrogen and oxygen atoms in total. The molecule has 0 aliphatic rings. The molecule has 3 aromatic rings. The van der Waals surface area contributed by atoms with Crippen LogP contribution in [-0.4, -0.2) is 48.3 Å². The van der Waals surface area contributed by atoms with E-state index < -0.39 is 0 Å². The van der Waals surface area contributed by atoms with Crippen molar-refractivity contribution in [2.45, 2.75) is 34.6 Å². The molecular weight excluding hydrogens is 412 g/mol. The fourth-order valence-corrected chi connectivity index (χ4v) is 3.91. The fraction of sp³-hybridized carbons (Fsp3) is 0.400. The number of esters is 1. The molecule has 0 aliphatic carbocycles. The number of aryl methyl sites for hydroxylation is 1. The van der Waals surface area contributed by atoms with Crippen molar-refractivity contribution in [1.82, 2.24) is 9.47 Å². The van der Waals surface area contributed by atoms with Gasteiger partial charge in [0.25, 0.3) is 0 Å². The van der Waals surface area contributed by atoms with Gasteiger partial charge in [-0.25, -0.2) is 4.79 Å². The monoisotopic (exact) mass is 444 g/mol. The van der Waals surface area contributed by atoms with Crippen LogP contribution in [0.1, 0.15) is 42.4 Å². The van der Waals surface area contributed by atoms with Gasteiger partial charge in [0.1, 0.15) is 12.4 Å². The Morgan fingerprint density at radius 2 is 1.74 bits per heavy atom. The quantitative estimate of drug-likeness (QED) is 0.405. The number of fused-ring (bicyclic) bond motifs is 1. The maximum atomic E-state index is 12.8. The van der Waals surface area contributed by atoms with Gasteiger partial charge in [-0.05, 0) is 63.7 Å². The number of likely N-dealkylation sites (N-methyl/N-ethyl adjacent to an activating group) is 1. The van der Waals surface area contributed by atoms with E-state index in [1.807, 2.05) is 44.2 Å². The minimum Gasteiger partial charge on any atom is -0.492 e. The molecule has 1 aromatic heterocycles. The van der Waals surface area contributed by atoms with Gasteiger partial charge in [0.2, 0.25) is 0 Å². The largest absolute Gasteiger partial charge is 0.492 e. The zero-order chi connectivity index (χ0) is 21.7. The summed E-state index contributed by atoms with van der Waals surface area (Å²) in [5.41, 5.74) is 4.65. The van der Waals surface area contributed by atoms with Gasteiger partial charge in [-0.15, -0.1) is 12.4 Å². The highest BCUT2D eigenvalue weighted by Gasteiger charge is 2.23. The molecule has 0 atom stereocenters. The maximum absolute atomic E-state index is 12.8. The van der Waals surface area contributed by atoms with Crippen LogP contribution < -0.4 is 4.74 Å². The van der Waals surface area contributed by atoms with E-state index in [1.54, 1.807) is 0 Å². The molecule has 0 fully saturated rings. The van der Waals surface area contributed by atoms with Crippen molar-refractivity contribution >= 4 is 29.3 Å². The summed E-state index contributed by atoms with van der Waals surface area (Å²) >= 11 is 0. The van der Waals surface area contributed by atoms with Crippen molar-refractivity contribution < 1.29 is 14.3 Å². The average Bonchev–Trinajstić information content (AvgIpc) is 3.03. The van der Waals surface area contributed by atoms with Gasteiger partial charge in [-0.3, -0.25) is 0 Å². The number of carbonyl (C=O) groups is 1. The Kier molecular flexibility index (Phi) is 8.96. The highest BCUT2D eigenvalue weighted by atomic mass is 35.5. The van der Waals surface area contributed by atoms with E-state index in [2.05, 4.69) is 42.4 Å². The number of nitrogens with zero attached hydrogens (tertiary/aromatic N) is 2. The molecule has 3 rings (SSSR count). The van der Waals surface area contributed by atoms with Crippen LogP contribution in [0.4, 0.5) is 0 Å². The average molecular weight is 445 g/mol. The lowest BCUT2D eigenvalue weighted by Crippen LogP contribution is -2.27. The number of aromatic nitrogens is 1. The smallest absolute Gasteiger partial charge is 0.340 e. The molecule has 0 bridgehead atoms. The van der Waals surface area contributed by atoms with Crippen LogP contribution in [0.25, 0.3) is 16.6 Å². The van der Waals surface area contributed by atoms with Crippen molar-refractivity contribution in [3.8, 4) is 11.4 Å². The number of rotatable bonds is 9. The first-order valence-corrected chi connectivity index (χ1v) is 10.7. The van der Waals surface area contributed by atoms with E-state index in [4.69, 9.17) is 9.47 Å². The lowest BCUT2D eigenvalue weighted by molar-refractivity contribution is 0.0527. The lowest BCUT2D eigenvalue weighted by Gasteiger charge is -2.18. The van der Waals surface area contributed by atoms with Crippen LogP contribution in [-0.2, 0) is 4.74 Å². The zero-order valence-corrected chi connectivity index (χ0v) is 19.9. The van der Waals surface area contributed by atoms with E-state index in [0.717, 1.165) is 53.2 Å². The highest BCUT2D eigenvalue weighted by molar-refractivity contribution is 6.07. The molecule has 31 heavy (non-hydrogen) atoms. The molecule has 0 N–H and O–H groups in total. The maximum Gasteiger partial charge on any atom is 0.340 e. The minimum atomic E-state index is -0.298. The third-order valence-corrected chi connectivity index (χ3v) is 5.58. The predicted molar refractivity (Wildman–Crippen MR) is 129 cm³/mol. The SMILES string of the molecule is CCOC(=O)c1c(C)n(-c2ccccc2C)c2ccc(OCCN(CC)CC)cc12.Cl. The second-order valence-electron chi connectivity index (χ2n) is 7.36. The third kappa shape index (κ3) is 5.23. The molecule has 0 saturated carbocycles. The van der Waals surface area contributed by atoms with Crippen LogP contribution in [0.5, 0.6) is 5.75 Å². The van der Waals surface area contributed by atoms with Gasteiger partial charge >= 0.3 is 5.97 Å². The Morgan fingerprint density at radius 3 is 2.39 bits per heavy atom. The number of benzene rings is 2. The second kappa shape index (κ2) is 11.2. The summed E-state index contributed by atoms with van der Waals surface area (Å²) in [6, 6.07) is 14.2. The number of ether oxygens (including phenoxy) is 2. The summed E-state index contributed by atoms with van der Waals surface area (Å²) in [4.78, 5) is 15.1. The number of para-hydroxylation sites is 1. The van der Waals surface area contributed by atoms with Crippen LogP contribution in [0.3, 0.4) is 0 Å². The standard InChI is InChI=1S/C25H32N2O3.ClH/c1-6-26(7-2)15-16-30-20-13-14-23-21(17-20)24(25(28)29-8-3)19(5)27(23)22-12-10-9-11-18(22)4;/h9-14,17H,6-8,15-16H2,1-5H3;1H. The Balaban J connectivity index is 0.00000341. The van der Waals surface area contributed by atoms with Crippen LogP contribution in [0.15, 0.2) is 42.5 Å². The summed E-state index contributed by atoms with van der Waals surface area (Å²) in [6.07, 6.45) is 0. The van der Waals surface area contributed by atoms with Crippen molar-refractivity contribution in [1.29, 1.82) is 0 Å². The van der Waals surface area contributed by atoms with E-state index in [9.17, 15) is 4.79 Å². The van der Waals surface area contributed by atoms with Crippen molar-refractivity contribution in [2.24, 2.45) is 0 Å². The predicted octanol–water partition coefficient (Wildman–Crippen LogP) is 5.57. The molecule has 0 amide bonds. The summed E-state index contributed by atoms with van der Waals surface area (Å²) in [6.45, 7) is 14.0. The summed E-state index contributed by atoms with van der Waals surface area (Å²) < 4.78 is 13.5. The fourth-order valence-electron chi connectivity index (χ4n) is 3.91. The Bertz CT molecular complexity index is 1030. The lowest BCUT2D eigenvalue weighted by atomic mass is 10.1. The molecular formula is C25H33ClN2O3. The second-order valence-corrected chi connectivity index (χ2v) is 7.36. The number of hydrogen-bond acceptors (Lipinski definition) is 4. The van der Waals surface area contributed by atoms with Crippen LogP contribution >= 0.6 is 12.4 Å². The van der Waals surface area contributed by atoms with Gasteiger partial charge in [-0.2, -0.15) is 0 Å². The topological polar surface area (TPSA) is 43.7 Å². The van der Waals surface area contributed by atoms with Crippen molar-refractivity contribution in [2.75, 3.05) is 32.8 Å². The van der Waals surface area contributed by atoms with E-state index in [1.165, 1.54) is 0 Å². The Hall–Kier alpha value is -2.50. The van der Waals surface area contributed by atoms with Gasteiger partial charge in [0, 0.05) is 23.3 Å². The number of halogens is 1. The van der Waals surface area contributed by atoms with Crippen LogP contribution in [0.2, 0.25) is 0 Å². The highest BCUT2D eigenvalue weighted by Crippen LogP contribution is 2.33. The molecule has 0 saturated heterocycles. The molecule has 0 spiro atoms. The van der Waals surface area contributed by atoms with Crippen molar-refractivity contribution in [3.63, 3.8) is 0 Å². The van der Waals surface area contributed by atoms with E-state index in [-0.39, 0.29) is 18.4 Å². The zero-order valence-electron chi connectivity index (χ0n) is 19.1. The third-order valence-electron chi connectivity index (χ3n) is 5.58. The first-order valence-electron chi connectivity index (χ1n) is 10.7. The van der Waals surface area contributed by atoms with Gasteiger partial charge < -0.3 is 18.9 Å². The summed E-state index contributed by atoms with van der Waals surface area (Å²) in [5.74, 6) is 0.467. The Morgan fingerprint density at radius 1 is 1.03 bits per heavy atom. The molecule has 0 radical (unpaired) electrons. The van der Waals surface area contributed by atoms with Gasteiger partial charge in [-0.1, -0.05) is 32.0 Å². The van der Waals surface area contributed by atoms with Crippen molar-refractivity contribution in [3.05, 3.63) is 59.3 Å². The van der Waals surface area contributed by atoms with Gasteiger partial charge in [0.05, 0.1) is 17.7 Å². The molecule has 6 heteroatoms.